The fraction of sp³-hybridized carbons (Fsp3) is 0.364. The molecule has 5 heteroatoms. The zero-order valence-corrected chi connectivity index (χ0v) is 11.6. The third kappa shape index (κ3) is 3.42. The second-order valence-corrected chi connectivity index (χ2v) is 5.77. The van der Waals surface area contributed by atoms with Gasteiger partial charge < -0.3 is 4.74 Å². The van der Waals surface area contributed by atoms with Crippen LogP contribution in [0.2, 0.25) is 0 Å². The molecule has 1 atom stereocenters. The van der Waals surface area contributed by atoms with Crippen molar-refractivity contribution in [3.05, 3.63) is 33.8 Å². The molecule has 0 saturated carbocycles. The summed E-state index contributed by atoms with van der Waals surface area (Å²) in [6, 6.07) is 5.16. The summed E-state index contributed by atoms with van der Waals surface area (Å²) in [5.41, 5.74) is 1.42. The molecule has 0 aliphatic carbocycles. The van der Waals surface area contributed by atoms with E-state index in [0.29, 0.717) is 17.1 Å². The maximum Gasteiger partial charge on any atom is 0.337 e. The average molecular weight is 305 g/mol. The Morgan fingerprint density at radius 3 is 2.69 bits per heavy atom. The fourth-order valence-electron chi connectivity index (χ4n) is 1.18. The van der Waals surface area contributed by atoms with E-state index in [0.717, 1.165) is 10.0 Å². The minimum atomic E-state index is -0.854. The topological polar surface area (TPSA) is 43.4 Å². The molecule has 0 aromatic heterocycles. The Balaban J connectivity index is 2.91. The Hall–Kier alpha value is -0.680. The van der Waals surface area contributed by atoms with Crippen LogP contribution in [0.25, 0.3) is 0 Å². The zero-order valence-electron chi connectivity index (χ0n) is 9.16. The van der Waals surface area contributed by atoms with Gasteiger partial charge in [0.25, 0.3) is 0 Å². The summed E-state index contributed by atoms with van der Waals surface area (Å²) in [5.74, 6) is 0.757. The summed E-state index contributed by atoms with van der Waals surface area (Å²) < 4.78 is 16.8. The number of benzene rings is 1. The number of carbonyl (C=O) groups excluding carboxylic acids is 1. The van der Waals surface area contributed by atoms with Gasteiger partial charge >= 0.3 is 5.97 Å². The van der Waals surface area contributed by atoms with E-state index < -0.39 is 10.8 Å². The summed E-state index contributed by atoms with van der Waals surface area (Å²) >= 11 is 3.36. The third-order valence-electron chi connectivity index (χ3n) is 2.11. The highest BCUT2D eigenvalue weighted by Crippen LogP contribution is 2.20. The second kappa shape index (κ2) is 6.15. The molecule has 0 amide bonds. The third-order valence-corrected chi connectivity index (χ3v) is 4.13. The number of methoxy groups -OCH3 is 1. The van der Waals surface area contributed by atoms with Crippen molar-refractivity contribution < 1.29 is 13.7 Å². The Kier molecular flexibility index (Phi) is 5.15. The molecular weight excluding hydrogens is 292 g/mol. The van der Waals surface area contributed by atoms with Crippen molar-refractivity contribution in [3.8, 4) is 0 Å². The van der Waals surface area contributed by atoms with Crippen LogP contribution in [0.15, 0.2) is 22.7 Å². The maximum absolute atomic E-state index is 11.4. The Morgan fingerprint density at radius 2 is 2.19 bits per heavy atom. The first-order valence-electron chi connectivity index (χ1n) is 4.80. The van der Waals surface area contributed by atoms with Crippen molar-refractivity contribution in [2.24, 2.45) is 0 Å². The van der Waals surface area contributed by atoms with Gasteiger partial charge in [0.1, 0.15) is 0 Å². The van der Waals surface area contributed by atoms with Crippen LogP contribution >= 0.6 is 15.9 Å². The maximum atomic E-state index is 11.4. The highest BCUT2D eigenvalue weighted by Gasteiger charge is 2.09. The highest BCUT2D eigenvalue weighted by molar-refractivity contribution is 9.10. The molecule has 0 spiro atoms. The summed E-state index contributed by atoms with van der Waals surface area (Å²) in [7, 11) is 0.490. The van der Waals surface area contributed by atoms with Gasteiger partial charge in [-0.2, -0.15) is 0 Å². The summed E-state index contributed by atoms with van der Waals surface area (Å²) in [4.78, 5) is 11.3. The Bertz CT molecular complexity index is 418. The molecule has 0 radical (unpaired) electrons. The first-order valence-corrected chi connectivity index (χ1v) is 7.08. The van der Waals surface area contributed by atoms with Crippen LogP contribution in [-0.2, 0) is 21.3 Å². The lowest BCUT2D eigenvalue weighted by Gasteiger charge is -2.05. The van der Waals surface area contributed by atoms with E-state index in [2.05, 4.69) is 20.7 Å². The Labute approximate surface area is 106 Å². The SMILES string of the molecule is CCS(=O)Cc1ccc(C(=O)OC)cc1Br. The number of hydrogen-bond acceptors (Lipinski definition) is 3. The number of rotatable bonds is 4. The lowest BCUT2D eigenvalue weighted by molar-refractivity contribution is 0.0600. The van der Waals surface area contributed by atoms with Gasteiger partial charge in [0.05, 0.1) is 12.7 Å². The molecule has 1 unspecified atom stereocenters. The molecule has 0 heterocycles. The second-order valence-electron chi connectivity index (χ2n) is 3.17. The van der Waals surface area contributed by atoms with Gasteiger partial charge in [0, 0.05) is 26.8 Å². The van der Waals surface area contributed by atoms with Crippen molar-refractivity contribution in [2.75, 3.05) is 12.9 Å². The Morgan fingerprint density at radius 1 is 1.50 bits per heavy atom. The molecule has 1 aromatic carbocycles. The predicted molar refractivity (Wildman–Crippen MR) is 67.9 cm³/mol. The summed E-state index contributed by atoms with van der Waals surface area (Å²) in [6.45, 7) is 1.88. The minimum Gasteiger partial charge on any atom is -0.465 e. The standard InChI is InChI=1S/C11H13BrO3S/c1-3-16(14)7-9-5-4-8(6-10(9)12)11(13)15-2/h4-6H,3,7H2,1-2H3. The van der Waals surface area contributed by atoms with E-state index in [4.69, 9.17) is 0 Å². The molecular formula is C11H13BrO3S. The molecule has 16 heavy (non-hydrogen) atoms. The molecule has 0 aliphatic rings. The summed E-state index contributed by atoms with van der Waals surface area (Å²) in [5, 5.41) is 0. The van der Waals surface area contributed by atoms with Crippen LogP contribution < -0.4 is 0 Å². The van der Waals surface area contributed by atoms with Crippen LogP contribution in [0, 0.1) is 0 Å². The quantitative estimate of drug-likeness (QED) is 0.803. The molecule has 1 rings (SSSR count). The average Bonchev–Trinajstić information content (AvgIpc) is 2.30. The van der Waals surface area contributed by atoms with Gasteiger partial charge in [-0.1, -0.05) is 28.9 Å². The number of hydrogen-bond donors (Lipinski definition) is 0. The van der Waals surface area contributed by atoms with Crippen LogP contribution in [-0.4, -0.2) is 23.0 Å². The minimum absolute atomic E-state index is 0.371. The van der Waals surface area contributed by atoms with Gasteiger partial charge in [-0.05, 0) is 17.7 Å². The van der Waals surface area contributed by atoms with Crippen LogP contribution in [0.3, 0.4) is 0 Å². The lowest BCUT2D eigenvalue weighted by Crippen LogP contribution is -2.03. The number of carbonyl (C=O) groups is 1. The highest BCUT2D eigenvalue weighted by atomic mass is 79.9. The van der Waals surface area contributed by atoms with Crippen molar-refractivity contribution >= 4 is 32.7 Å². The fourth-order valence-corrected chi connectivity index (χ4v) is 2.69. The molecule has 0 aliphatic heterocycles. The monoisotopic (exact) mass is 304 g/mol. The smallest absolute Gasteiger partial charge is 0.337 e. The lowest BCUT2D eigenvalue weighted by atomic mass is 10.1. The van der Waals surface area contributed by atoms with E-state index in [-0.39, 0.29) is 5.97 Å². The largest absolute Gasteiger partial charge is 0.465 e. The molecule has 0 bridgehead atoms. The molecule has 88 valence electrons. The number of ether oxygens (including phenoxy) is 1. The van der Waals surface area contributed by atoms with Crippen molar-refractivity contribution in [2.45, 2.75) is 12.7 Å². The number of esters is 1. The first-order chi connectivity index (χ1) is 7.58. The van der Waals surface area contributed by atoms with E-state index in [9.17, 15) is 9.00 Å². The van der Waals surface area contributed by atoms with E-state index in [1.165, 1.54) is 7.11 Å². The summed E-state index contributed by atoms with van der Waals surface area (Å²) in [6.07, 6.45) is 0. The number of halogens is 1. The molecule has 0 fully saturated rings. The molecule has 0 N–H and O–H groups in total. The van der Waals surface area contributed by atoms with Gasteiger partial charge in [-0.25, -0.2) is 4.79 Å². The molecule has 3 nitrogen and oxygen atoms in total. The first kappa shape index (κ1) is 13.4. The van der Waals surface area contributed by atoms with Crippen LogP contribution in [0.1, 0.15) is 22.8 Å². The van der Waals surface area contributed by atoms with Crippen molar-refractivity contribution in [1.29, 1.82) is 0 Å². The van der Waals surface area contributed by atoms with Crippen molar-refractivity contribution in [3.63, 3.8) is 0 Å². The van der Waals surface area contributed by atoms with E-state index in [1.807, 2.05) is 6.92 Å². The normalized spacial score (nSPS) is 12.2. The van der Waals surface area contributed by atoms with Gasteiger partial charge in [0.2, 0.25) is 0 Å². The molecule has 1 aromatic rings. The van der Waals surface area contributed by atoms with Crippen molar-refractivity contribution in [1.82, 2.24) is 0 Å². The van der Waals surface area contributed by atoms with E-state index >= 15 is 0 Å². The predicted octanol–water partition coefficient (Wildman–Crippen LogP) is 2.50. The van der Waals surface area contributed by atoms with Gasteiger partial charge in [-0.3, -0.25) is 4.21 Å². The van der Waals surface area contributed by atoms with Gasteiger partial charge in [-0.15, -0.1) is 0 Å². The van der Waals surface area contributed by atoms with Crippen LogP contribution in [0.4, 0.5) is 0 Å². The van der Waals surface area contributed by atoms with Gasteiger partial charge in [0.15, 0.2) is 0 Å². The van der Waals surface area contributed by atoms with E-state index in [1.54, 1.807) is 18.2 Å². The zero-order chi connectivity index (χ0) is 12.1. The van der Waals surface area contributed by atoms with Crippen LogP contribution in [0.5, 0.6) is 0 Å². The molecule has 0 saturated heterocycles.